The summed E-state index contributed by atoms with van der Waals surface area (Å²) in [5, 5.41) is 0. The smallest absolute Gasteiger partial charge is 0.255 e. The number of methoxy groups -OCH3 is 3. The number of piperazine rings is 1. The zero-order valence-electron chi connectivity index (χ0n) is 18.6. The minimum atomic E-state index is -0.623. The van der Waals surface area contributed by atoms with Crippen molar-refractivity contribution in [2.24, 2.45) is 5.73 Å². The lowest BCUT2D eigenvalue weighted by molar-refractivity contribution is -0.120. The lowest BCUT2D eigenvalue weighted by atomic mass is 10.1. The van der Waals surface area contributed by atoms with E-state index in [1.165, 1.54) is 19.8 Å². The molecule has 1 aliphatic rings. The molecule has 0 radical (unpaired) electrons. The van der Waals surface area contributed by atoms with Gasteiger partial charge < -0.3 is 29.6 Å². The van der Waals surface area contributed by atoms with E-state index in [0.717, 1.165) is 25.4 Å². The number of benzene rings is 2. The number of carbonyl (C=O) groups is 2. The van der Waals surface area contributed by atoms with Gasteiger partial charge >= 0.3 is 0 Å². The molecule has 172 valence electrons. The summed E-state index contributed by atoms with van der Waals surface area (Å²) < 4.78 is 21.3. The fraction of sp³-hybridized carbons (Fsp3) is 0.391. The van der Waals surface area contributed by atoms with Crippen molar-refractivity contribution < 1.29 is 28.5 Å². The summed E-state index contributed by atoms with van der Waals surface area (Å²) in [7, 11) is 4.56. The molecule has 0 spiro atoms. The molecule has 0 unspecified atom stereocenters. The zero-order chi connectivity index (χ0) is 23.1. The Balaban J connectivity index is 1.65. The highest BCUT2D eigenvalue weighted by Gasteiger charge is 2.25. The van der Waals surface area contributed by atoms with Crippen LogP contribution in [0.3, 0.4) is 0 Å². The molecule has 0 aromatic heterocycles. The molecule has 2 aromatic rings. The Hall–Kier alpha value is -3.46. The summed E-state index contributed by atoms with van der Waals surface area (Å²) in [5.74, 6) is 0.920. The lowest BCUT2D eigenvalue weighted by Crippen LogP contribution is -2.48. The predicted molar refractivity (Wildman–Crippen MR) is 118 cm³/mol. The van der Waals surface area contributed by atoms with E-state index in [4.69, 9.17) is 24.7 Å². The molecule has 1 saturated heterocycles. The molecule has 1 fully saturated rings. The molecule has 0 atom stereocenters. The average Bonchev–Trinajstić information content (AvgIpc) is 2.82. The summed E-state index contributed by atoms with van der Waals surface area (Å²) in [4.78, 5) is 28.3. The summed E-state index contributed by atoms with van der Waals surface area (Å²) in [6.45, 7) is 3.26. The van der Waals surface area contributed by atoms with Crippen molar-refractivity contribution in [3.05, 3.63) is 47.5 Å². The van der Waals surface area contributed by atoms with Crippen molar-refractivity contribution in [1.29, 1.82) is 0 Å². The van der Waals surface area contributed by atoms with Crippen LogP contribution >= 0.6 is 0 Å². The van der Waals surface area contributed by atoms with E-state index in [0.29, 0.717) is 30.2 Å². The van der Waals surface area contributed by atoms with E-state index in [9.17, 15) is 9.59 Å². The van der Waals surface area contributed by atoms with E-state index >= 15 is 0 Å². The summed E-state index contributed by atoms with van der Waals surface area (Å²) >= 11 is 0. The van der Waals surface area contributed by atoms with Gasteiger partial charge in [0, 0.05) is 38.3 Å². The Labute approximate surface area is 187 Å². The molecule has 2 N–H and O–H groups in total. The standard InChI is InChI=1S/C23H29N3O6/c1-29-18-6-4-16(5-7-18)14-25-8-10-26(11-9-25)23(28)17-12-19(30-2)22(20(13-17)31-3)32-15-21(24)27/h4-7,12-13H,8-11,14-15H2,1-3H3,(H2,24,27). The van der Waals surface area contributed by atoms with Crippen molar-refractivity contribution >= 4 is 11.8 Å². The van der Waals surface area contributed by atoms with Gasteiger partial charge in [0.05, 0.1) is 21.3 Å². The first-order valence-electron chi connectivity index (χ1n) is 10.3. The number of nitrogens with two attached hydrogens (primary N) is 1. The minimum Gasteiger partial charge on any atom is -0.497 e. The van der Waals surface area contributed by atoms with E-state index in [2.05, 4.69) is 17.0 Å². The van der Waals surface area contributed by atoms with Gasteiger partial charge in [0.25, 0.3) is 11.8 Å². The van der Waals surface area contributed by atoms with Gasteiger partial charge in [-0.3, -0.25) is 14.5 Å². The van der Waals surface area contributed by atoms with Crippen LogP contribution in [0.4, 0.5) is 0 Å². The molecule has 9 nitrogen and oxygen atoms in total. The maximum atomic E-state index is 13.1. The van der Waals surface area contributed by atoms with Crippen molar-refractivity contribution in [3.8, 4) is 23.0 Å². The second-order valence-electron chi connectivity index (χ2n) is 7.38. The predicted octanol–water partition coefficient (Wildman–Crippen LogP) is 1.53. The number of ether oxygens (including phenoxy) is 4. The molecule has 0 aliphatic carbocycles. The van der Waals surface area contributed by atoms with Crippen LogP contribution in [0.25, 0.3) is 0 Å². The highest BCUT2D eigenvalue weighted by molar-refractivity contribution is 5.95. The highest BCUT2D eigenvalue weighted by Crippen LogP contribution is 2.39. The molecule has 2 amide bonds. The van der Waals surface area contributed by atoms with Gasteiger partial charge in [-0.2, -0.15) is 0 Å². The fourth-order valence-corrected chi connectivity index (χ4v) is 3.57. The van der Waals surface area contributed by atoms with Crippen molar-refractivity contribution in [2.45, 2.75) is 6.54 Å². The first-order chi connectivity index (χ1) is 15.4. The SMILES string of the molecule is COc1ccc(CN2CCN(C(=O)c3cc(OC)c(OCC(N)=O)c(OC)c3)CC2)cc1. The summed E-state index contributed by atoms with van der Waals surface area (Å²) in [6.07, 6.45) is 0. The number of hydrogen-bond donors (Lipinski definition) is 1. The maximum absolute atomic E-state index is 13.1. The van der Waals surface area contributed by atoms with E-state index < -0.39 is 5.91 Å². The monoisotopic (exact) mass is 443 g/mol. The third kappa shape index (κ3) is 5.61. The number of primary amides is 1. The Morgan fingerprint density at radius 1 is 0.906 bits per heavy atom. The van der Waals surface area contributed by atoms with Gasteiger partial charge in [-0.1, -0.05) is 12.1 Å². The van der Waals surface area contributed by atoms with Gasteiger partial charge in [-0.15, -0.1) is 0 Å². The largest absolute Gasteiger partial charge is 0.497 e. The number of rotatable bonds is 9. The van der Waals surface area contributed by atoms with E-state index in [1.54, 1.807) is 19.2 Å². The Morgan fingerprint density at radius 3 is 2.00 bits per heavy atom. The first kappa shape index (κ1) is 23.2. The highest BCUT2D eigenvalue weighted by atomic mass is 16.5. The number of nitrogens with zero attached hydrogens (tertiary/aromatic N) is 2. The van der Waals surface area contributed by atoms with Crippen LogP contribution in [0.15, 0.2) is 36.4 Å². The normalized spacial score (nSPS) is 14.0. The zero-order valence-corrected chi connectivity index (χ0v) is 18.6. The molecular weight excluding hydrogens is 414 g/mol. The molecule has 0 saturated carbocycles. The molecule has 9 heteroatoms. The van der Waals surface area contributed by atoms with Crippen molar-refractivity contribution in [3.63, 3.8) is 0 Å². The number of hydrogen-bond acceptors (Lipinski definition) is 7. The molecule has 2 aromatic carbocycles. The fourth-order valence-electron chi connectivity index (χ4n) is 3.57. The van der Waals surface area contributed by atoms with Gasteiger partial charge in [-0.05, 0) is 29.8 Å². The van der Waals surface area contributed by atoms with Crippen molar-refractivity contribution in [1.82, 2.24) is 9.80 Å². The Bertz CT molecular complexity index is 914. The lowest BCUT2D eigenvalue weighted by Gasteiger charge is -2.35. The Kier molecular flexibility index (Phi) is 7.77. The van der Waals surface area contributed by atoms with Crippen LogP contribution in [0, 0.1) is 0 Å². The third-order valence-electron chi connectivity index (χ3n) is 5.29. The van der Waals surface area contributed by atoms with Gasteiger partial charge in [-0.25, -0.2) is 0 Å². The van der Waals surface area contributed by atoms with Gasteiger partial charge in [0.15, 0.2) is 18.1 Å². The second-order valence-corrected chi connectivity index (χ2v) is 7.38. The van der Waals surface area contributed by atoms with Crippen LogP contribution in [0.5, 0.6) is 23.0 Å². The minimum absolute atomic E-state index is 0.118. The molecule has 32 heavy (non-hydrogen) atoms. The van der Waals surface area contributed by atoms with Gasteiger partial charge in [0.1, 0.15) is 5.75 Å². The first-order valence-corrected chi connectivity index (χ1v) is 10.3. The molecule has 1 heterocycles. The quantitative estimate of drug-likeness (QED) is 0.627. The van der Waals surface area contributed by atoms with Crippen LogP contribution in [0.2, 0.25) is 0 Å². The van der Waals surface area contributed by atoms with Crippen LogP contribution in [0.1, 0.15) is 15.9 Å². The van der Waals surface area contributed by atoms with Crippen LogP contribution < -0.4 is 24.7 Å². The molecule has 0 bridgehead atoms. The third-order valence-corrected chi connectivity index (χ3v) is 5.29. The van der Waals surface area contributed by atoms with E-state index in [-0.39, 0.29) is 18.3 Å². The summed E-state index contributed by atoms with van der Waals surface area (Å²) in [6, 6.07) is 11.2. The molecule has 1 aliphatic heterocycles. The Morgan fingerprint density at radius 2 is 1.50 bits per heavy atom. The molecular formula is C23H29N3O6. The maximum Gasteiger partial charge on any atom is 0.255 e. The topological polar surface area (TPSA) is 104 Å². The second kappa shape index (κ2) is 10.7. The van der Waals surface area contributed by atoms with Gasteiger partial charge in [0.2, 0.25) is 5.75 Å². The van der Waals surface area contributed by atoms with Crippen molar-refractivity contribution in [2.75, 3.05) is 54.1 Å². The summed E-state index contributed by atoms with van der Waals surface area (Å²) in [5.41, 5.74) is 6.78. The average molecular weight is 444 g/mol. The molecule has 3 rings (SSSR count). The number of amides is 2. The van der Waals surface area contributed by atoms with Crippen LogP contribution in [-0.2, 0) is 11.3 Å². The number of carbonyl (C=O) groups excluding carboxylic acids is 2. The van der Waals surface area contributed by atoms with Crippen LogP contribution in [-0.4, -0.2) is 75.7 Å². The van der Waals surface area contributed by atoms with E-state index in [1.807, 2.05) is 17.0 Å².